The molecule has 90 valence electrons. The van der Waals surface area contributed by atoms with Gasteiger partial charge < -0.3 is 4.74 Å². The van der Waals surface area contributed by atoms with E-state index >= 15 is 0 Å². The van der Waals surface area contributed by atoms with E-state index in [1.165, 1.54) is 12.1 Å². The summed E-state index contributed by atoms with van der Waals surface area (Å²) in [4.78, 5) is 12.3. The lowest BCUT2D eigenvalue weighted by Gasteiger charge is -2.24. The lowest BCUT2D eigenvalue weighted by Crippen LogP contribution is -2.25. The fourth-order valence-electron chi connectivity index (χ4n) is 2.18. The summed E-state index contributed by atoms with van der Waals surface area (Å²) in [7, 11) is 0. The highest BCUT2D eigenvalue weighted by Crippen LogP contribution is 2.32. The molecule has 1 heterocycles. The van der Waals surface area contributed by atoms with Gasteiger partial charge in [0.2, 0.25) is 0 Å². The minimum Gasteiger partial charge on any atom is -0.492 e. The van der Waals surface area contributed by atoms with Crippen molar-refractivity contribution >= 4 is 5.78 Å². The second-order valence-electron chi connectivity index (χ2n) is 4.28. The number of carbonyl (C=O) groups is 1. The molecular weight excluding hydrogens is 231 g/mol. The summed E-state index contributed by atoms with van der Waals surface area (Å²) in [5.41, 5.74) is 1.38. The van der Waals surface area contributed by atoms with Gasteiger partial charge in [0.15, 0.2) is 5.78 Å². The molecule has 2 aromatic rings. The minimum absolute atomic E-state index is 0.0310. The number of Topliss-reactive ketones (excluding diaryl/α,β-unsaturated/α-hetero) is 1. The maximum absolute atomic E-state index is 12.9. The van der Waals surface area contributed by atoms with E-state index < -0.39 is 0 Å². The molecule has 0 fully saturated rings. The summed E-state index contributed by atoms with van der Waals surface area (Å²) in [6, 6.07) is 13.2. The number of hydrogen-bond acceptors (Lipinski definition) is 2. The van der Waals surface area contributed by atoms with E-state index in [4.69, 9.17) is 4.74 Å². The molecule has 0 unspecified atom stereocenters. The maximum atomic E-state index is 12.9. The Balaban J connectivity index is 1.97. The summed E-state index contributed by atoms with van der Waals surface area (Å²) < 4.78 is 18.5. The topological polar surface area (TPSA) is 26.3 Å². The van der Waals surface area contributed by atoms with Crippen LogP contribution in [0.15, 0.2) is 48.5 Å². The van der Waals surface area contributed by atoms with Crippen molar-refractivity contribution in [3.63, 3.8) is 0 Å². The van der Waals surface area contributed by atoms with Crippen LogP contribution in [0, 0.1) is 5.82 Å². The van der Waals surface area contributed by atoms with Crippen LogP contribution in [0.2, 0.25) is 0 Å². The van der Waals surface area contributed by atoms with Gasteiger partial charge in [-0.05, 0) is 29.8 Å². The van der Waals surface area contributed by atoms with Crippen LogP contribution in [0.4, 0.5) is 4.39 Å². The van der Waals surface area contributed by atoms with Crippen LogP contribution < -0.4 is 4.74 Å². The predicted octanol–water partition coefficient (Wildman–Crippen LogP) is 3.18. The summed E-state index contributed by atoms with van der Waals surface area (Å²) >= 11 is 0. The highest BCUT2D eigenvalue weighted by Gasteiger charge is 2.29. The average Bonchev–Trinajstić information content (AvgIpc) is 2.41. The van der Waals surface area contributed by atoms with Gasteiger partial charge >= 0.3 is 0 Å². The van der Waals surface area contributed by atoms with Gasteiger partial charge in [-0.2, -0.15) is 0 Å². The molecule has 0 bridgehead atoms. The lowest BCUT2D eigenvalue weighted by atomic mass is 9.89. The molecule has 18 heavy (non-hydrogen) atoms. The molecule has 1 aliphatic heterocycles. The van der Waals surface area contributed by atoms with Gasteiger partial charge in [0.25, 0.3) is 0 Å². The number of ketones is 1. The predicted molar refractivity (Wildman–Crippen MR) is 65.4 cm³/mol. The zero-order chi connectivity index (χ0) is 12.5. The first-order valence-electron chi connectivity index (χ1n) is 5.77. The fraction of sp³-hybridized carbons (Fsp3) is 0.133. The van der Waals surface area contributed by atoms with Crippen molar-refractivity contribution in [3.05, 3.63) is 65.5 Å². The minimum atomic E-state index is -0.347. The molecule has 0 radical (unpaired) electrons. The number of rotatable bonds is 1. The van der Waals surface area contributed by atoms with Crippen molar-refractivity contribution in [2.24, 2.45) is 0 Å². The number of hydrogen-bond donors (Lipinski definition) is 0. The van der Waals surface area contributed by atoms with Crippen molar-refractivity contribution in [1.82, 2.24) is 0 Å². The highest BCUT2D eigenvalue weighted by atomic mass is 19.1. The number of ether oxygens (including phenoxy) is 1. The van der Waals surface area contributed by atoms with Crippen LogP contribution in [-0.4, -0.2) is 12.4 Å². The van der Waals surface area contributed by atoms with Crippen LogP contribution in [0.3, 0.4) is 0 Å². The molecule has 0 aliphatic carbocycles. The second-order valence-corrected chi connectivity index (χ2v) is 4.28. The van der Waals surface area contributed by atoms with Crippen LogP contribution in [-0.2, 0) is 0 Å². The number of fused-ring (bicyclic) bond motifs is 1. The van der Waals surface area contributed by atoms with E-state index in [2.05, 4.69) is 0 Å². The third-order valence-electron chi connectivity index (χ3n) is 3.15. The first kappa shape index (κ1) is 11.0. The fourth-order valence-corrected chi connectivity index (χ4v) is 2.18. The number of benzene rings is 2. The Morgan fingerprint density at radius 3 is 2.56 bits per heavy atom. The molecule has 0 spiro atoms. The molecular formula is C15H11FO2. The van der Waals surface area contributed by atoms with Gasteiger partial charge in [0, 0.05) is 0 Å². The molecule has 2 aromatic carbocycles. The Hall–Kier alpha value is -2.16. The van der Waals surface area contributed by atoms with E-state index in [1.54, 1.807) is 24.3 Å². The molecule has 0 saturated carbocycles. The van der Waals surface area contributed by atoms with Gasteiger partial charge in [-0.3, -0.25) is 4.79 Å². The van der Waals surface area contributed by atoms with Crippen molar-refractivity contribution in [1.29, 1.82) is 0 Å². The zero-order valence-electron chi connectivity index (χ0n) is 9.60. The van der Waals surface area contributed by atoms with Crippen LogP contribution in [0.5, 0.6) is 5.75 Å². The van der Waals surface area contributed by atoms with E-state index in [0.29, 0.717) is 17.9 Å². The van der Waals surface area contributed by atoms with E-state index in [0.717, 1.165) is 5.56 Å². The smallest absolute Gasteiger partial charge is 0.177 e. The van der Waals surface area contributed by atoms with E-state index in [9.17, 15) is 9.18 Å². The highest BCUT2D eigenvalue weighted by molar-refractivity contribution is 6.04. The van der Waals surface area contributed by atoms with Crippen molar-refractivity contribution in [2.45, 2.75) is 5.92 Å². The lowest BCUT2D eigenvalue weighted by molar-refractivity contribution is 0.0896. The molecule has 1 atom stereocenters. The van der Waals surface area contributed by atoms with Gasteiger partial charge in [-0.25, -0.2) is 4.39 Å². The molecule has 2 nitrogen and oxygen atoms in total. The molecule has 3 rings (SSSR count). The Morgan fingerprint density at radius 1 is 1.06 bits per heavy atom. The van der Waals surface area contributed by atoms with E-state index in [-0.39, 0.29) is 17.5 Å². The van der Waals surface area contributed by atoms with Crippen molar-refractivity contribution in [3.8, 4) is 5.75 Å². The standard InChI is InChI=1S/C15H11FO2/c16-11-7-5-10(6-8-11)13-9-18-14-4-2-1-3-12(14)15(13)17/h1-8,13H,9H2/t13-/m0/s1. The number of halogens is 1. The average molecular weight is 242 g/mol. The summed E-state index contributed by atoms with van der Waals surface area (Å²) in [5, 5.41) is 0. The molecule has 0 amide bonds. The van der Waals surface area contributed by atoms with Gasteiger partial charge in [0.1, 0.15) is 18.2 Å². The monoisotopic (exact) mass is 242 g/mol. The summed E-state index contributed by atoms with van der Waals surface area (Å²) in [5.74, 6) is 0.00754. The Kier molecular flexibility index (Phi) is 2.59. The molecule has 0 N–H and O–H groups in total. The molecule has 1 aliphatic rings. The molecule has 0 aromatic heterocycles. The van der Waals surface area contributed by atoms with Crippen molar-refractivity contribution < 1.29 is 13.9 Å². The third kappa shape index (κ3) is 1.78. The van der Waals surface area contributed by atoms with Gasteiger partial charge in [-0.1, -0.05) is 24.3 Å². The number of para-hydroxylation sites is 1. The van der Waals surface area contributed by atoms with Gasteiger partial charge in [-0.15, -0.1) is 0 Å². The van der Waals surface area contributed by atoms with Crippen molar-refractivity contribution in [2.75, 3.05) is 6.61 Å². The maximum Gasteiger partial charge on any atom is 0.177 e. The molecule has 0 saturated heterocycles. The largest absolute Gasteiger partial charge is 0.492 e. The summed E-state index contributed by atoms with van der Waals surface area (Å²) in [6.45, 7) is 0.307. The Bertz CT molecular complexity index is 590. The molecule has 3 heteroatoms. The van der Waals surface area contributed by atoms with E-state index in [1.807, 2.05) is 12.1 Å². The summed E-state index contributed by atoms with van der Waals surface area (Å²) in [6.07, 6.45) is 0. The second kappa shape index (κ2) is 4.26. The quantitative estimate of drug-likeness (QED) is 0.767. The van der Waals surface area contributed by atoms with Crippen LogP contribution in [0.1, 0.15) is 21.8 Å². The third-order valence-corrected chi connectivity index (χ3v) is 3.15. The zero-order valence-corrected chi connectivity index (χ0v) is 9.60. The Morgan fingerprint density at radius 2 is 1.78 bits per heavy atom. The van der Waals surface area contributed by atoms with Crippen LogP contribution in [0.25, 0.3) is 0 Å². The number of carbonyl (C=O) groups excluding carboxylic acids is 1. The Labute approximate surface area is 104 Å². The van der Waals surface area contributed by atoms with Crippen LogP contribution >= 0.6 is 0 Å². The first-order chi connectivity index (χ1) is 8.75. The van der Waals surface area contributed by atoms with Gasteiger partial charge in [0.05, 0.1) is 11.5 Å². The first-order valence-corrected chi connectivity index (χ1v) is 5.77. The normalized spacial score (nSPS) is 18.1. The SMILES string of the molecule is O=C1c2ccccc2OC[C@H]1c1ccc(F)cc1.